The summed E-state index contributed by atoms with van der Waals surface area (Å²) in [7, 11) is 1.91. The van der Waals surface area contributed by atoms with Gasteiger partial charge in [-0.15, -0.1) is 0 Å². The molecule has 1 aromatic rings. The second-order valence-corrected chi connectivity index (χ2v) is 8.28. The molecule has 1 heterocycles. The number of thioether (sulfide) groups is 1. The zero-order valence-electron chi connectivity index (χ0n) is 15.1. The molecular weight excluding hydrogens is 318 g/mol. The summed E-state index contributed by atoms with van der Waals surface area (Å²) in [6.07, 6.45) is 3.36. The van der Waals surface area contributed by atoms with Crippen LogP contribution in [-0.2, 0) is 4.79 Å². The van der Waals surface area contributed by atoms with Crippen molar-refractivity contribution in [3.05, 3.63) is 30.3 Å². The van der Waals surface area contributed by atoms with Crippen molar-refractivity contribution in [3.63, 3.8) is 0 Å². The Bertz CT molecular complexity index is 571. The van der Waals surface area contributed by atoms with E-state index in [0.717, 1.165) is 30.2 Å². The number of aliphatic imine (C=N–C) groups is 1. The van der Waals surface area contributed by atoms with Crippen molar-refractivity contribution in [2.75, 3.05) is 18.9 Å². The molecule has 2 unspecified atom stereocenters. The standard InChI is InChI=1S/C12H20N2OS.C7H9N/c1-4-13-11-14-10(15)8-7-12(2,3)6-5-9(8)16-11;1-8-7-5-3-2-4-6-7/h8-9H,4-7H2,1-3H3,(H,13,14,15);2-6,8H,1H3. The first-order valence-corrected chi connectivity index (χ1v) is 9.58. The Labute approximate surface area is 149 Å². The molecule has 1 saturated heterocycles. The van der Waals surface area contributed by atoms with Crippen LogP contribution in [0.25, 0.3) is 0 Å². The van der Waals surface area contributed by atoms with Crippen molar-refractivity contribution >= 4 is 28.5 Å². The molecule has 3 rings (SSSR count). The van der Waals surface area contributed by atoms with Crippen LogP contribution in [0.3, 0.4) is 0 Å². The van der Waals surface area contributed by atoms with E-state index >= 15 is 0 Å². The molecule has 4 nitrogen and oxygen atoms in total. The van der Waals surface area contributed by atoms with Crippen molar-refractivity contribution in [2.24, 2.45) is 16.3 Å². The molecule has 0 aromatic heterocycles. The summed E-state index contributed by atoms with van der Waals surface area (Å²) in [6.45, 7) is 7.26. The van der Waals surface area contributed by atoms with Crippen molar-refractivity contribution in [3.8, 4) is 0 Å². The third kappa shape index (κ3) is 5.26. The number of rotatable bonds is 2. The zero-order chi connectivity index (χ0) is 17.6. The van der Waals surface area contributed by atoms with E-state index in [2.05, 4.69) is 29.5 Å². The number of carbonyl (C=O) groups excluding carboxylic acids is 1. The minimum Gasteiger partial charge on any atom is -0.388 e. The van der Waals surface area contributed by atoms with Crippen LogP contribution in [0.1, 0.15) is 40.0 Å². The fourth-order valence-electron chi connectivity index (χ4n) is 3.16. The zero-order valence-corrected chi connectivity index (χ0v) is 16.0. The van der Waals surface area contributed by atoms with E-state index in [0.29, 0.717) is 10.7 Å². The SMILES string of the molecule is CCN=C1NC(=O)C2CC(C)(C)CCC2S1.CNc1ccccc1. The summed E-state index contributed by atoms with van der Waals surface area (Å²) < 4.78 is 0. The van der Waals surface area contributed by atoms with Crippen LogP contribution >= 0.6 is 11.8 Å². The van der Waals surface area contributed by atoms with Gasteiger partial charge in [0, 0.05) is 24.5 Å². The van der Waals surface area contributed by atoms with Gasteiger partial charge in [0.2, 0.25) is 5.91 Å². The molecule has 1 aliphatic carbocycles. The number of amidine groups is 1. The predicted octanol–water partition coefficient (Wildman–Crippen LogP) is 4.15. The lowest BCUT2D eigenvalue weighted by Crippen LogP contribution is -2.49. The van der Waals surface area contributed by atoms with Gasteiger partial charge >= 0.3 is 0 Å². The minimum atomic E-state index is 0.184. The van der Waals surface area contributed by atoms with Crippen LogP contribution in [0, 0.1) is 11.3 Å². The van der Waals surface area contributed by atoms with Crippen LogP contribution in [0.4, 0.5) is 5.69 Å². The van der Waals surface area contributed by atoms with Crippen molar-refractivity contribution < 1.29 is 4.79 Å². The van der Waals surface area contributed by atoms with E-state index in [1.165, 1.54) is 6.42 Å². The van der Waals surface area contributed by atoms with Gasteiger partial charge in [-0.1, -0.05) is 43.8 Å². The maximum atomic E-state index is 12.0. The van der Waals surface area contributed by atoms with Gasteiger partial charge < -0.3 is 10.6 Å². The van der Waals surface area contributed by atoms with Crippen LogP contribution in [0.5, 0.6) is 0 Å². The van der Waals surface area contributed by atoms with Gasteiger partial charge in [-0.05, 0) is 43.7 Å². The quantitative estimate of drug-likeness (QED) is 0.845. The van der Waals surface area contributed by atoms with E-state index in [-0.39, 0.29) is 11.8 Å². The number of anilines is 1. The van der Waals surface area contributed by atoms with Crippen molar-refractivity contribution in [1.82, 2.24) is 5.32 Å². The van der Waals surface area contributed by atoms with Gasteiger partial charge in [-0.25, -0.2) is 0 Å². The summed E-state index contributed by atoms with van der Waals surface area (Å²) in [5, 5.41) is 7.23. The number of fused-ring (bicyclic) bond motifs is 1. The monoisotopic (exact) mass is 347 g/mol. The Morgan fingerprint density at radius 1 is 1.33 bits per heavy atom. The lowest BCUT2D eigenvalue weighted by atomic mass is 9.71. The smallest absolute Gasteiger partial charge is 0.230 e. The molecule has 2 N–H and O–H groups in total. The highest BCUT2D eigenvalue weighted by molar-refractivity contribution is 8.14. The van der Waals surface area contributed by atoms with Crippen LogP contribution < -0.4 is 10.6 Å². The second kappa shape index (κ2) is 8.56. The Balaban J connectivity index is 0.000000219. The van der Waals surface area contributed by atoms with Crippen LogP contribution in [0.2, 0.25) is 0 Å². The average molecular weight is 348 g/mol. The molecule has 1 amide bonds. The molecule has 0 bridgehead atoms. The molecule has 2 fully saturated rings. The second-order valence-electron chi connectivity index (χ2n) is 7.05. The number of para-hydroxylation sites is 1. The minimum absolute atomic E-state index is 0.184. The molecule has 1 aliphatic heterocycles. The maximum Gasteiger partial charge on any atom is 0.230 e. The number of nitrogens with one attached hydrogen (secondary N) is 2. The van der Waals surface area contributed by atoms with Crippen molar-refractivity contribution in [1.29, 1.82) is 0 Å². The molecule has 0 spiro atoms. The fraction of sp³-hybridized carbons (Fsp3) is 0.579. The number of hydrogen-bond acceptors (Lipinski definition) is 4. The third-order valence-corrected chi connectivity index (χ3v) is 5.84. The first kappa shape index (κ1) is 18.8. The average Bonchev–Trinajstić information content (AvgIpc) is 2.57. The Morgan fingerprint density at radius 3 is 2.62 bits per heavy atom. The summed E-state index contributed by atoms with van der Waals surface area (Å²) in [4.78, 5) is 16.3. The highest BCUT2D eigenvalue weighted by Gasteiger charge is 2.42. The van der Waals surface area contributed by atoms with Gasteiger partial charge in [-0.2, -0.15) is 0 Å². The molecule has 2 aliphatic rings. The summed E-state index contributed by atoms with van der Waals surface area (Å²) in [5.41, 5.74) is 1.48. The van der Waals surface area contributed by atoms with Gasteiger partial charge in [0.1, 0.15) is 0 Å². The molecule has 1 saturated carbocycles. The van der Waals surface area contributed by atoms with E-state index in [9.17, 15) is 4.79 Å². The van der Waals surface area contributed by atoms with E-state index in [4.69, 9.17) is 0 Å². The maximum absolute atomic E-state index is 12.0. The molecule has 2 atom stereocenters. The van der Waals surface area contributed by atoms with Crippen molar-refractivity contribution in [2.45, 2.75) is 45.3 Å². The predicted molar refractivity (Wildman–Crippen MR) is 105 cm³/mol. The van der Waals surface area contributed by atoms with Gasteiger partial charge in [0.25, 0.3) is 0 Å². The van der Waals surface area contributed by atoms with Gasteiger partial charge in [0.05, 0.1) is 5.92 Å². The number of nitrogens with zero attached hydrogens (tertiary/aromatic N) is 1. The molecule has 1 aromatic carbocycles. The van der Waals surface area contributed by atoms with Gasteiger partial charge in [0.15, 0.2) is 5.17 Å². The normalized spacial score (nSPS) is 26.7. The van der Waals surface area contributed by atoms with E-state index in [1.54, 1.807) is 11.8 Å². The highest BCUT2D eigenvalue weighted by Crippen LogP contribution is 2.45. The first-order valence-electron chi connectivity index (χ1n) is 8.70. The van der Waals surface area contributed by atoms with Crippen LogP contribution in [0.15, 0.2) is 35.3 Å². The van der Waals surface area contributed by atoms with E-state index in [1.807, 2.05) is 44.3 Å². The summed E-state index contributed by atoms with van der Waals surface area (Å²) in [5.74, 6) is 0.369. The van der Waals surface area contributed by atoms with Gasteiger partial charge in [-0.3, -0.25) is 9.79 Å². The molecule has 24 heavy (non-hydrogen) atoms. The first-order chi connectivity index (χ1) is 11.4. The third-order valence-electron chi connectivity index (χ3n) is 4.52. The molecule has 0 radical (unpaired) electrons. The Morgan fingerprint density at radius 2 is 2.04 bits per heavy atom. The topological polar surface area (TPSA) is 53.5 Å². The lowest BCUT2D eigenvalue weighted by molar-refractivity contribution is -0.125. The number of hydrogen-bond donors (Lipinski definition) is 2. The number of amides is 1. The Hall–Kier alpha value is -1.49. The summed E-state index contributed by atoms with van der Waals surface area (Å²) >= 11 is 1.76. The molecule has 132 valence electrons. The fourth-order valence-corrected chi connectivity index (χ4v) is 4.43. The summed E-state index contributed by atoms with van der Waals surface area (Å²) in [6, 6.07) is 10.1. The largest absolute Gasteiger partial charge is 0.388 e. The highest BCUT2D eigenvalue weighted by atomic mass is 32.2. The van der Waals surface area contributed by atoms with Crippen LogP contribution in [-0.4, -0.2) is 29.9 Å². The number of carbonyl (C=O) groups is 1. The lowest BCUT2D eigenvalue weighted by Gasteiger charge is -2.42. The molecular formula is C19H29N3OS. The molecule has 5 heteroatoms. The number of benzene rings is 1. The Kier molecular flexibility index (Phi) is 6.72. The van der Waals surface area contributed by atoms with E-state index < -0.39 is 0 Å².